The van der Waals surface area contributed by atoms with Crippen molar-refractivity contribution in [1.82, 2.24) is 10.3 Å². The SMILES string of the molecule is CCCNCCc1ncc(-c2ccc(Br)cc2C)o1. The second kappa shape index (κ2) is 6.87. The first-order valence-corrected chi connectivity index (χ1v) is 7.42. The Bertz CT molecular complexity index is 537. The van der Waals surface area contributed by atoms with Gasteiger partial charge >= 0.3 is 0 Å². The molecule has 2 rings (SSSR count). The first-order valence-electron chi connectivity index (χ1n) is 6.62. The molecule has 0 saturated heterocycles. The van der Waals surface area contributed by atoms with E-state index in [1.807, 2.05) is 12.3 Å². The third kappa shape index (κ3) is 3.91. The van der Waals surface area contributed by atoms with Crippen LogP contribution in [0.15, 0.2) is 33.3 Å². The summed E-state index contributed by atoms with van der Waals surface area (Å²) < 4.78 is 6.88. The first kappa shape index (κ1) is 14.3. The fourth-order valence-electron chi connectivity index (χ4n) is 1.95. The number of aryl methyl sites for hydroxylation is 1. The van der Waals surface area contributed by atoms with E-state index in [4.69, 9.17) is 4.42 Å². The van der Waals surface area contributed by atoms with Crippen LogP contribution in [0, 0.1) is 6.92 Å². The van der Waals surface area contributed by atoms with Crippen LogP contribution >= 0.6 is 15.9 Å². The third-order valence-corrected chi connectivity index (χ3v) is 3.44. The van der Waals surface area contributed by atoms with Gasteiger partial charge in [0.25, 0.3) is 0 Å². The molecule has 0 unspecified atom stereocenters. The van der Waals surface area contributed by atoms with Crippen LogP contribution in [0.2, 0.25) is 0 Å². The second-order valence-corrected chi connectivity index (χ2v) is 5.49. The first-order chi connectivity index (χ1) is 9.20. The van der Waals surface area contributed by atoms with Gasteiger partial charge < -0.3 is 9.73 Å². The largest absolute Gasteiger partial charge is 0.441 e. The number of hydrogen-bond acceptors (Lipinski definition) is 3. The number of benzene rings is 1. The van der Waals surface area contributed by atoms with E-state index in [9.17, 15) is 0 Å². The van der Waals surface area contributed by atoms with E-state index < -0.39 is 0 Å². The lowest BCUT2D eigenvalue weighted by atomic mass is 10.1. The molecule has 0 aliphatic carbocycles. The Balaban J connectivity index is 2.04. The maximum atomic E-state index is 5.80. The smallest absolute Gasteiger partial charge is 0.196 e. The van der Waals surface area contributed by atoms with Gasteiger partial charge in [-0.2, -0.15) is 0 Å². The number of halogens is 1. The van der Waals surface area contributed by atoms with Crippen molar-refractivity contribution in [3.05, 3.63) is 40.3 Å². The van der Waals surface area contributed by atoms with Gasteiger partial charge in [0, 0.05) is 23.0 Å². The summed E-state index contributed by atoms with van der Waals surface area (Å²) in [5, 5.41) is 3.35. The molecule has 0 amide bonds. The second-order valence-electron chi connectivity index (χ2n) is 4.58. The van der Waals surface area contributed by atoms with Crippen molar-refractivity contribution in [3.8, 4) is 11.3 Å². The summed E-state index contributed by atoms with van der Waals surface area (Å²) in [5.41, 5.74) is 2.28. The lowest BCUT2D eigenvalue weighted by Gasteiger charge is -2.02. The maximum absolute atomic E-state index is 5.80. The van der Waals surface area contributed by atoms with Gasteiger partial charge in [-0.1, -0.05) is 22.9 Å². The summed E-state index contributed by atoms with van der Waals surface area (Å²) in [6.07, 6.45) is 3.79. The molecule has 0 spiro atoms. The van der Waals surface area contributed by atoms with Crippen LogP contribution in [-0.4, -0.2) is 18.1 Å². The van der Waals surface area contributed by atoms with Crippen LogP contribution < -0.4 is 5.32 Å². The summed E-state index contributed by atoms with van der Waals surface area (Å²) in [5.74, 6) is 1.64. The average Bonchev–Trinajstić information content (AvgIpc) is 2.83. The molecule has 1 heterocycles. The maximum Gasteiger partial charge on any atom is 0.196 e. The number of rotatable bonds is 6. The highest BCUT2D eigenvalue weighted by atomic mass is 79.9. The Kier molecular flexibility index (Phi) is 5.16. The third-order valence-electron chi connectivity index (χ3n) is 2.95. The van der Waals surface area contributed by atoms with E-state index in [1.165, 1.54) is 5.56 Å². The molecular formula is C15H19BrN2O. The molecule has 4 heteroatoms. The summed E-state index contributed by atoms with van der Waals surface area (Å²) in [4.78, 5) is 4.34. The summed E-state index contributed by atoms with van der Waals surface area (Å²) in [7, 11) is 0. The van der Waals surface area contributed by atoms with Gasteiger partial charge in [0.05, 0.1) is 6.20 Å². The van der Waals surface area contributed by atoms with E-state index >= 15 is 0 Å². The number of nitrogens with one attached hydrogen (secondary N) is 1. The van der Waals surface area contributed by atoms with E-state index in [1.54, 1.807) is 0 Å². The average molecular weight is 323 g/mol. The van der Waals surface area contributed by atoms with Gasteiger partial charge in [-0.25, -0.2) is 4.98 Å². The van der Waals surface area contributed by atoms with E-state index in [-0.39, 0.29) is 0 Å². The molecule has 1 aromatic heterocycles. The van der Waals surface area contributed by atoms with Gasteiger partial charge in [-0.15, -0.1) is 0 Å². The van der Waals surface area contributed by atoms with Crippen molar-refractivity contribution in [3.63, 3.8) is 0 Å². The van der Waals surface area contributed by atoms with Gasteiger partial charge in [-0.3, -0.25) is 0 Å². The topological polar surface area (TPSA) is 38.1 Å². The van der Waals surface area contributed by atoms with E-state index in [2.05, 4.69) is 52.2 Å². The molecular weight excluding hydrogens is 304 g/mol. The fraction of sp³-hybridized carbons (Fsp3) is 0.400. The predicted molar refractivity (Wildman–Crippen MR) is 81.2 cm³/mol. The molecule has 0 radical (unpaired) electrons. The number of nitrogens with zero attached hydrogens (tertiary/aromatic N) is 1. The molecule has 0 bridgehead atoms. The van der Waals surface area contributed by atoms with E-state index in [0.717, 1.165) is 47.6 Å². The molecule has 19 heavy (non-hydrogen) atoms. The van der Waals surface area contributed by atoms with Crippen molar-refractivity contribution in [2.24, 2.45) is 0 Å². The zero-order valence-electron chi connectivity index (χ0n) is 11.4. The summed E-state index contributed by atoms with van der Waals surface area (Å²) in [6, 6.07) is 6.16. The van der Waals surface area contributed by atoms with Gasteiger partial charge in [0.1, 0.15) is 0 Å². The zero-order chi connectivity index (χ0) is 13.7. The molecule has 0 aliphatic rings. The van der Waals surface area contributed by atoms with Crippen LogP contribution in [0.4, 0.5) is 0 Å². The molecule has 102 valence electrons. The standard InChI is InChI=1S/C15H19BrN2O/c1-3-7-17-8-6-15-18-10-14(19-15)13-5-4-12(16)9-11(13)2/h4-5,9-10,17H,3,6-8H2,1-2H3. The number of hydrogen-bond donors (Lipinski definition) is 1. The lowest BCUT2D eigenvalue weighted by Crippen LogP contribution is -2.17. The predicted octanol–water partition coefficient (Wildman–Crippen LogP) is 3.95. The summed E-state index contributed by atoms with van der Waals surface area (Å²) >= 11 is 3.47. The Morgan fingerprint density at radius 1 is 1.32 bits per heavy atom. The fourth-order valence-corrected chi connectivity index (χ4v) is 2.43. The molecule has 0 saturated carbocycles. The number of oxazole rings is 1. The van der Waals surface area contributed by atoms with Crippen molar-refractivity contribution < 1.29 is 4.42 Å². The molecule has 1 N–H and O–H groups in total. The highest BCUT2D eigenvalue weighted by Gasteiger charge is 2.08. The minimum absolute atomic E-state index is 0.793. The van der Waals surface area contributed by atoms with Crippen LogP contribution in [-0.2, 0) is 6.42 Å². The van der Waals surface area contributed by atoms with Crippen LogP contribution in [0.5, 0.6) is 0 Å². The Labute approximate surface area is 122 Å². The molecule has 0 atom stereocenters. The van der Waals surface area contributed by atoms with Crippen LogP contribution in [0.25, 0.3) is 11.3 Å². The van der Waals surface area contributed by atoms with Crippen molar-refractivity contribution in [2.75, 3.05) is 13.1 Å². The Morgan fingerprint density at radius 2 is 2.16 bits per heavy atom. The lowest BCUT2D eigenvalue weighted by molar-refractivity contribution is 0.494. The van der Waals surface area contributed by atoms with Crippen LogP contribution in [0.1, 0.15) is 24.8 Å². The Hall–Kier alpha value is -1.13. The van der Waals surface area contributed by atoms with Crippen molar-refractivity contribution >= 4 is 15.9 Å². The van der Waals surface area contributed by atoms with Gasteiger partial charge in [0.15, 0.2) is 11.7 Å². The summed E-state index contributed by atoms with van der Waals surface area (Å²) in [6.45, 7) is 6.18. The zero-order valence-corrected chi connectivity index (χ0v) is 13.0. The van der Waals surface area contributed by atoms with Crippen LogP contribution in [0.3, 0.4) is 0 Å². The quantitative estimate of drug-likeness (QED) is 0.818. The minimum Gasteiger partial charge on any atom is -0.441 e. The van der Waals surface area contributed by atoms with Crippen molar-refractivity contribution in [1.29, 1.82) is 0 Å². The molecule has 2 aromatic rings. The normalized spacial score (nSPS) is 10.9. The van der Waals surface area contributed by atoms with Gasteiger partial charge in [0.2, 0.25) is 0 Å². The molecule has 0 fully saturated rings. The van der Waals surface area contributed by atoms with E-state index in [0.29, 0.717) is 0 Å². The molecule has 3 nitrogen and oxygen atoms in total. The monoisotopic (exact) mass is 322 g/mol. The molecule has 0 aliphatic heterocycles. The van der Waals surface area contributed by atoms with Crippen molar-refractivity contribution in [2.45, 2.75) is 26.7 Å². The highest BCUT2D eigenvalue weighted by molar-refractivity contribution is 9.10. The molecule has 1 aromatic carbocycles. The Morgan fingerprint density at radius 3 is 2.89 bits per heavy atom. The highest BCUT2D eigenvalue weighted by Crippen LogP contribution is 2.26. The number of aromatic nitrogens is 1. The minimum atomic E-state index is 0.793. The van der Waals surface area contributed by atoms with Gasteiger partial charge in [-0.05, 0) is 43.7 Å².